The lowest BCUT2D eigenvalue weighted by atomic mass is 10.2. The first kappa shape index (κ1) is 14.9. The monoisotopic (exact) mass is 255 g/mol. The molecule has 1 unspecified atom stereocenters. The third-order valence-electron chi connectivity index (χ3n) is 2.57. The van der Waals surface area contributed by atoms with Gasteiger partial charge in [-0.25, -0.2) is 4.39 Å². The fraction of sp³-hybridized carbons (Fsp3) is 0.571. The van der Waals surface area contributed by atoms with Gasteiger partial charge in [-0.15, -0.1) is 0 Å². The van der Waals surface area contributed by atoms with Crippen LogP contribution in [0.4, 0.5) is 4.39 Å². The maximum atomic E-state index is 13.4. The van der Waals surface area contributed by atoms with Crippen molar-refractivity contribution >= 4 is 0 Å². The van der Waals surface area contributed by atoms with E-state index >= 15 is 0 Å². The molecule has 0 bridgehead atoms. The summed E-state index contributed by atoms with van der Waals surface area (Å²) < 4.78 is 24.0. The molecule has 1 aromatic carbocycles. The van der Waals surface area contributed by atoms with Gasteiger partial charge in [0.1, 0.15) is 18.2 Å². The average molecular weight is 255 g/mol. The molecule has 0 saturated heterocycles. The van der Waals surface area contributed by atoms with Crippen LogP contribution < -0.4 is 10.1 Å². The highest BCUT2D eigenvalue weighted by atomic mass is 19.1. The Bertz CT molecular complexity index is 358. The van der Waals surface area contributed by atoms with E-state index in [1.54, 1.807) is 7.11 Å². The number of methoxy groups -OCH3 is 1. The second-order valence-corrected chi connectivity index (χ2v) is 4.33. The maximum absolute atomic E-state index is 13.4. The molecule has 1 atom stereocenters. The van der Waals surface area contributed by atoms with E-state index in [0.29, 0.717) is 18.9 Å². The van der Waals surface area contributed by atoms with E-state index in [4.69, 9.17) is 9.47 Å². The molecule has 4 heteroatoms. The Morgan fingerprint density at radius 3 is 2.78 bits per heavy atom. The molecule has 1 rings (SSSR count). The highest BCUT2D eigenvalue weighted by Crippen LogP contribution is 2.17. The number of halogens is 1. The van der Waals surface area contributed by atoms with Gasteiger partial charge >= 0.3 is 0 Å². The molecular formula is C14H22FNO2. The minimum Gasteiger partial charge on any atom is -0.491 e. The molecule has 0 aromatic heterocycles. The standard InChI is InChI=1S/C14H22FNO2/c1-4-5-16-9-12-6-13(15)8-14(7-12)18-10-11(2)17-3/h6-8,11,16H,4-5,9-10H2,1-3H3. The van der Waals surface area contributed by atoms with E-state index in [0.717, 1.165) is 18.5 Å². The van der Waals surface area contributed by atoms with Crippen LogP contribution in [0.15, 0.2) is 18.2 Å². The van der Waals surface area contributed by atoms with Crippen molar-refractivity contribution in [3.8, 4) is 5.75 Å². The molecule has 0 radical (unpaired) electrons. The summed E-state index contributed by atoms with van der Waals surface area (Å²) in [6, 6.07) is 4.77. The second kappa shape index (κ2) is 8.06. The number of nitrogens with one attached hydrogen (secondary N) is 1. The van der Waals surface area contributed by atoms with Gasteiger partial charge in [0, 0.05) is 19.7 Å². The second-order valence-electron chi connectivity index (χ2n) is 4.33. The van der Waals surface area contributed by atoms with Crippen molar-refractivity contribution in [3.05, 3.63) is 29.6 Å². The van der Waals surface area contributed by atoms with Crippen molar-refractivity contribution in [2.75, 3.05) is 20.3 Å². The molecule has 0 aliphatic heterocycles. The normalized spacial score (nSPS) is 12.4. The molecule has 0 heterocycles. The Morgan fingerprint density at radius 1 is 1.33 bits per heavy atom. The molecular weight excluding hydrogens is 233 g/mol. The van der Waals surface area contributed by atoms with Crippen LogP contribution >= 0.6 is 0 Å². The van der Waals surface area contributed by atoms with Crippen molar-refractivity contribution < 1.29 is 13.9 Å². The summed E-state index contributed by atoms with van der Waals surface area (Å²) in [5.74, 6) is 0.276. The van der Waals surface area contributed by atoms with Crippen molar-refractivity contribution in [3.63, 3.8) is 0 Å². The zero-order valence-electron chi connectivity index (χ0n) is 11.3. The van der Waals surface area contributed by atoms with Crippen molar-refractivity contribution in [2.24, 2.45) is 0 Å². The minimum absolute atomic E-state index is 0.00469. The lowest BCUT2D eigenvalue weighted by Gasteiger charge is -2.12. The van der Waals surface area contributed by atoms with E-state index in [-0.39, 0.29) is 11.9 Å². The number of ether oxygens (including phenoxy) is 2. The fourth-order valence-corrected chi connectivity index (χ4v) is 1.50. The summed E-state index contributed by atoms with van der Waals surface area (Å²) >= 11 is 0. The molecule has 0 spiro atoms. The summed E-state index contributed by atoms with van der Waals surface area (Å²) in [6.07, 6.45) is 1.05. The van der Waals surface area contributed by atoms with Gasteiger partial charge in [0.25, 0.3) is 0 Å². The molecule has 0 amide bonds. The predicted octanol–water partition coefficient (Wildman–Crippen LogP) is 2.74. The Hall–Kier alpha value is -1.13. The predicted molar refractivity (Wildman–Crippen MR) is 70.4 cm³/mol. The van der Waals surface area contributed by atoms with E-state index in [1.807, 2.05) is 13.0 Å². The molecule has 1 aromatic rings. The number of hydrogen-bond acceptors (Lipinski definition) is 3. The van der Waals surface area contributed by atoms with Crippen LogP contribution in [0.1, 0.15) is 25.8 Å². The van der Waals surface area contributed by atoms with E-state index in [1.165, 1.54) is 12.1 Å². The SMILES string of the molecule is CCCNCc1cc(F)cc(OCC(C)OC)c1. The Morgan fingerprint density at radius 2 is 2.11 bits per heavy atom. The molecule has 0 saturated carbocycles. The van der Waals surface area contributed by atoms with Gasteiger partial charge in [0.05, 0.1) is 6.10 Å². The topological polar surface area (TPSA) is 30.5 Å². The zero-order valence-corrected chi connectivity index (χ0v) is 11.3. The molecule has 1 N–H and O–H groups in total. The lowest BCUT2D eigenvalue weighted by molar-refractivity contribution is 0.0715. The van der Waals surface area contributed by atoms with Crippen LogP contribution in [0.3, 0.4) is 0 Å². The van der Waals surface area contributed by atoms with Crippen LogP contribution in [-0.4, -0.2) is 26.4 Å². The first-order valence-corrected chi connectivity index (χ1v) is 6.31. The number of benzene rings is 1. The highest BCUT2D eigenvalue weighted by molar-refractivity contribution is 5.29. The first-order chi connectivity index (χ1) is 8.65. The van der Waals surface area contributed by atoms with Crippen LogP contribution in [0, 0.1) is 5.82 Å². The Labute approximate surface area is 108 Å². The van der Waals surface area contributed by atoms with Gasteiger partial charge in [-0.3, -0.25) is 0 Å². The molecule has 0 aliphatic rings. The number of hydrogen-bond donors (Lipinski definition) is 1. The third-order valence-corrected chi connectivity index (χ3v) is 2.57. The fourth-order valence-electron chi connectivity index (χ4n) is 1.50. The minimum atomic E-state index is -0.272. The average Bonchev–Trinajstić information content (AvgIpc) is 2.35. The summed E-state index contributed by atoms with van der Waals surface area (Å²) in [7, 11) is 1.62. The van der Waals surface area contributed by atoms with E-state index in [2.05, 4.69) is 12.2 Å². The van der Waals surface area contributed by atoms with Gasteiger partial charge in [-0.2, -0.15) is 0 Å². The lowest BCUT2D eigenvalue weighted by Crippen LogP contribution is -2.17. The number of rotatable bonds is 8. The highest BCUT2D eigenvalue weighted by Gasteiger charge is 2.04. The Kier molecular flexibility index (Phi) is 6.68. The van der Waals surface area contributed by atoms with Gasteiger partial charge in [-0.05, 0) is 37.6 Å². The largest absolute Gasteiger partial charge is 0.491 e. The van der Waals surface area contributed by atoms with Crippen molar-refractivity contribution in [1.82, 2.24) is 5.32 Å². The van der Waals surface area contributed by atoms with E-state index < -0.39 is 0 Å². The summed E-state index contributed by atoms with van der Waals surface area (Å²) in [5.41, 5.74) is 0.892. The van der Waals surface area contributed by atoms with Crippen molar-refractivity contribution in [1.29, 1.82) is 0 Å². The van der Waals surface area contributed by atoms with Crippen LogP contribution in [0.2, 0.25) is 0 Å². The quantitative estimate of drug-likeness (QED) is 0.725. The van der Waals surface area contributed by atoms with Gasteiger partial charge in [0.2, 0.25) is 0 Å². The Balaban J connectivity index is 2.56. The summed E-state index contributed by atoms with van der Waals surface area (Å²) in [5, 5.41) is 3.23. The zero-order chi connectivity index (χ0) is 13.4. The van der Waals surface area contributed by atoms with Gasteiger partial charge in [-0.1, -0.05) is 6.92 Å². The van der Waals surface area contributed by atoms with Gasteiger partial charge < -0.3 is 14.8 Å². The van der Waals surface area contributed by atoms with Crippen LogP contribution in [0.25, 0.3) is 0 Å². The molecule has 0 fully saturated rings. The van der Waals surface area contributed by atoms with Crippen LogP contribution in [-0.2, 0) is 11.3 Å². The first-order valence-electron chi connectivity index (χ1n) is 6.31. The molecule has 3 nitrogen and oxygen atoms in total. The smallest absolute Gasteiger partial charge is 0.127 e. The summed E-state index contributed by atoms with van der Waals surface area (Å²) in [4.78, 5) is 0. The summed E-state index contributed by atoms with van der Waals surface area (Å²) in [6.45, 7) is 6.00. The molecule has 0 aliphatic carbocycles. The molecule has 18 heavy (non-hydrogen) atoms. The van der Waals surface area contributed by atoms with E-state index in [9.17, 15) is 4.39 Å². The van der Waals surface area contributed by atoms with Crippen molar-refractivity contribution in [2.45, 2.75) is 32.9 Å². The molecule has 102 valence electrons. The third kappa shape index (κ3) is 5.47. The maximum Gasteiger partial charge on any atom is 0.127 e. The van der Waals surface area contributed by atoms with Crippen LogP contribution in [0.5, 0.6) is 5.75 Å². The van der Waals surface area contributed by atoms with Gasteiger partial charge in [0.15, 0.2) is 0 Å².